The fraction of sp³-hybridized carbons (Fsp3) is 0.250. The van der Waals surface area contributed by atoms with Gasteiger partial charge in [0.1, 0.15) is 5.75 Å². The smallest absolute Gasteiger partial charge is 0.271 e. The Labute approximate surface area is 198 Å². The quantitative estimate of drug-likeness (QED) is 0.377. The molecule has 30 heavy (non-hydrogen) atoms. The summed E-state index contributed by atoms with van der Waals surface area (Å²) < 4.78 is 6.66. The minimum absolute atomic E-state index is 0.0851. The number of hydrogen-bond donors (Lipinski definition) is 3. The van der Waals surface area contributed by atoms with Crippen LogP contribution in [0.25, 0.3) is 0 Å². The van der Waals surface area contributed by atoms with Crippen LogP contribution in [0.3, 0.4) is 0 Å². The molecule has 3 N–H and O–H groups in total. The van der Waals surface area contributed by atoms with Crippen molar-refractivity contribution in [2.45, 2.75) is 26.7 Å². The van der Waals surface area contributed by atoms with Crippen molar-refractivity contribution < 1.29 is 14.3 Å². The Morgan fingerprint density at radius 2 is 1.87 bits per heavy atom. The molecule has 2 aromatic carbocycles. The van der Waals surface area contributed by atoms with Gasteiger partial charge in [-0.25, -0.2) is 0 Å². The minimum atomic E-state index is -0.531. The van der Waals surface area contributed by atoms with E-state index in [2.05, 4.69) is 32.1 Å². The second kappa shape index (κ2) is 10.9. The molecule has 0 aliphatic rings. The van der Waals surface area contributed by atoms with Gasteiger partial charge in [0.05, 0.1) is 10.6 Å². The highest BCUT2D eigenvalue weighted by atomic mass is 79.9. The van der Waals surface area contributed by atoms with Crippen LogP contribution < -0.4 is 20.9 Å². The summed E-state index contributed by atoms with van der Waals surface area (Å²) in [5.74, 6) is -0.152. The molecule has 2 amide bonds. The lowest BCUT2D eigenvalue weighted by Crippen LogP contribution is -2.49. The van der Waals surface area contributed by atoms with E-state index >= 15 is 0 Å². The second-order valence-electron chi connectivity index (χ2n) is 6.66. The molecule has 0 unspecified atom stereocenters. The summed E-state index contributed by atoms with van der Waals surface area (Å²) in [7, 11) is 0. The van der Waals surface area contributed by atoms with Crippen LogP contribution in [0.4, 0.5) is 0 Å². The van der Waals surface area contributed by atoms with Gasteiger partial charge in [0, 0.05) is 9.50 Å². The number of ether oxygens (including phenoxy) is 1. The van der Waals surface area contributed by atoms with Crippen molar-refractivity contribution in [2.75, 3.05) is 6.61 Å². The summed E-state index contributed by atoms with van der Waals surface area (Å²) in [4.78, 5) is 24.3. The summed E-state index contributed by atoms with van der Waals surface area (Å²) in [6.45, 7) is 5.78. The van der Waals surface area contributed by atoms with Gasteiger partial charge >= 0.3 is 0 Å². The van der Waals surface area contributed by atoms with E-state index in [9.17, 15) is 9.59 Å². The molecule has 0 spiro atoms. The first-order valence-corrected chi connectivity index (χ1v) is 10.8. The maximum Gasteiger partial charge on any atom is 0.271 e. The lowest BCUT2D eigenvalue weighted by molar-refractivity contribution is -0.121. The first-order valence-electron chi connectivity index (χ1n) is 8.86. The van der Waals surface area contributed by atoms with E-state index in [1.165, 1.54) is 18.2 Å². The number of rotatable bonds is 5. The fourth-order valence-corrected chi connectivity index (χ4v) is 3.46. The topological polar surface area (TPSA) is 79.5 Å². The third-order valence-electron chi connectivity index (χ3n) is 3.99. The first kappa shape index (κ1) is 24.4. The summed E-state index contributed by atoms with van der Waals surface area (Å²) in [5, 5.41) is 2.95. The Morgan fingerprint density at radius 1 is 1.17 bits per heavy atom. The van der Waals surface area contributed by atoms with Crippen LogP contribution in [0.15, 0.2) is 34.8 Å². The second-order valence-corrected chi connectivity index (χ2v) is 8.77. The highest BCUT2D eigenvalue weighted by Gasteiger charge is 2.14. The number of amides is 2. The SMILES string of the molecule is Cc1cc(OCC(=O)NC(=S)NNC(=O)c2ccc(Cl)cc2Cl)c(C(C)C)cc1Br. The molecule has 0 radical (unpaired) electrons. The molecule has 6 nitrogen and oxygen atoms in total. The largest absolute Gasteiger partial charge is 0.483 e. The number of benzene rings is 2. The van der Waals surface area contributed by atoms with Crippen molar-refractivity contribution in [2.24, 2.45) is 0 Å². The van der Waals surface area contributed by atoms with E-state index in [1.54, 1.807) is 0 Å². The van der Waals surface area contributed by atoms with Crippen LogP contribution in [0.1, 0.15) is 41.3 Å². The Hall–Kier alpha value is -1.87. The van der Waals surface area contributed by atoms with Gasteiger partial charge in [-0.05, 0) is 66.5 Å². The van der Waals surface area contributed by atoms with Crippen LogP contribution in [0.2, 0.25) is 10.0 Å². The number of hydrazine groups is 1. The maximum atomic E-state index is 12.1. The average Bonchev–Trinajstić information content (AvgIpc) is 2.66. The van der Waals surface area contributed by atoms with Gasteiger partial charge in [0.25, 0.3) is 11.8 Å². The Kier molecular flexibility index (Phi) is 8.91. The third-order valence-corrected chi connectivity index (χ3v) is 5.60. The zero-order chi connectivity index (χ0) is 22.4. The Morgan fingerprint density at radius 3 is 2.50 bits per heavy atom. The normalized spacial score (nSPS) is 10.5. The number of carbonyl (C=O) groups excluding carboxylic acids is 2. The molecule has 0 saturated heterocycles. The van der Waals surface area contributed by atoms with Gasteiger partial charge in [-0.1, -0.05) is 53.0 Å². The highest BCUT2D eigenvalue weighted by Crippen LogP contribution is 2.32. The molecule has 0 heterocycles. The zero-order valence-corrected chi connectivity index (χ0v) is 20.4. The van der Waals surface area contributed by atoms with Crippen molar-refractivity contribution >= 4 is 68.3 Å². The molecule has 0 saturated carbocycles. The molecule has 0 atom stereocenters. The molecule has 0 aromatic heterocycles. The summed E-state index contributed by atoms with van der Waals surface area (Å²) in [5.41, 5.74) is 6.98. The molecule has 2 rings (SSSR count). The molecule has 160 valence electrons. The van der Waals surface area contributed by atoms with E-state index in [-0.39, 0.29) is 28.2 Å². The summed E-state index contributed by atoms with van der Waals surface area (Å²) >= 11 is 20.3. The van der Waals surface area contributed by atoms with Crippen molar-refractivity contribution in [1.82, 2.24) is 16.2 Å². The van der Waals surface area contributed by atoms with E-state index in [4.69, 9.17) is 40.2 Å². The van der Waals surface area contributed by atoms with Crippen molar-refractivity contribution in [1.29, 1.82) is 0 Å². The summed E-state index contributed by atoms with van der Waals surface area (Å²) in [6, 6.07) is 8.32. The number of thiocarbonyl (C=S) groups is 1. The van der Waals surface area contributed by atoms with Crippen molar-refractivity contribution in [3.05, 3.63) is 61.5 Å². The number of aryl methyl sites for hydroxylation is 1. The van der Waals surface area contributed by atoms with Crippen LogP contribution in [-0.4, -0.2) is 23.5 Å². The highest BCUT2D eigenvalue weighted by molar-refractivity contribution is 9.10. The van der Waals surface area contributed by atoms with Gasteiger partial charge in [-0.2, -0.15) is 0 Å². The van der Waals surface area contributed by atoms with E-state index in [0.29, 0.717) is 10.8 Å². The molecule has 10 heteroatoms. The van der Waals surface area contributed by atoms with Gasteiger partial charge in [-0.15, -0.1) is 0 Å². The van der Waals surface area contributed by atoms with Crippen LogP contribution >= 0.6 is 51.3 Å². The van der Waals surface area contributed by atoms with Gasteiger partial charge in [-0.3, -0.25) is 25.8 Å². The maximum absolute atomic E-state index is 12.1. The predicted octanol–water partition coefficient (Wildman–Crippen LogP) is 4.90. The van der Waals surface area contributed by atoms with Gasteiger partial charge in [0.2, 0.25) is 0 Å². The molecule has 0 fully saturated rings. The van der Waals surface area contributed by atoms with Crippen molar-refractivity contribution in [3.8, 4) is 5.75 Å². The standard InChI is InChI=1S/C20H20BrCl2N3O3S/c1-10(2)14-8-15(21)11(3)6-17(14)29-9-18(27)24-20(30)26-25-19(28)13-5-4-12(22)7-16(13)23/h4-8,10H,9H2,1-3H3,(H,25,28)(H2,24,26,27,30). The van der Waals surface area contributed by atoms with E-state index < -0.39 is 11.8 Å². The number of hydrogen-bond acceptors (Lipinski definition) is 4. The van der Waals surface area contributed by atoms with Crippen molar-refractivity contribution in [3.63, 3.8) is 0 Å². The minimum Gasteiger partial charge on any atom is -0.483 e. The predicted molar refractivity (Wildman–Crippen MR) is 126 cm³/mol. The Balaban J connectivity index is 1.87. The third kappa shape index (κ3) is 6.84. The molecule has 0 aliphatic heterocycles. The number of nitrogens with one attached hydrogen (secondary N) is 3. The molecule has 0 aliphatic carbocycles. The number of carbonyl (C=O) groups is 2. The lowest BCUT2D eigenvalue weighted by Gasteiger charge is -2.16. The molecule has 2 aromatic rings. The molecule has 0 bridgehead atoms. The van der Waals surface area contributed by atoms with Crippen LogP contribution in [-0.2, 0) is 4.79 Å². The zero-order valence-electron chi connectivity index (χ0n) is 16.4. The number of halogens is 3. The average molecular weight is 533 g/mol. The Bertz CT molecular complexity index is 986. The van der Waals surface area contributed by atoms with Crippen LogP contribution in [0, 0.1) is 6.92 Å². The fourth-order valence-electron chi connectivity index (χ4n) is 2.44. The van der Waals surface area contributed by atoms with E-state index in [0.717, 1.165) is 15.6 Å². The van der Waals surface area contributed by atoms with Gasteiger partial charge in [0.15, 0.2) is 11.7 Å². The van der Waals surface area contributed by atoms with Gasteiger partial charge < -0.3 is 4.74 Å². The monoisotopic (exact) mass is 531 g/mol. The van der Waals surface area contributed by atoms with E-state index in [1.807, 2.05) is 32.9 Å². The molecular weight excluding hydrogens is 513 g/mol. The van der Waals surface area contributed by atoms with Crippen LogP contribution in [0.5, 0.6) is 5.75 Å². The first-order chi connectivity index (χ1) is 14.1. The lowest BCUT2D eigenvalue weighted by atomic mass is 10.0. The summed E-state index contributed by atoms with van der Waals surface area (Å²) in [6.07, 6.45) is 0. The molecular formula is C20H20BrCl2N3O3S.